The molecule has 0 saturated carbocycles. The fourth-order valence-corrected chi connectivity index (χ4v) is 7.56. The third-order valence-electron chi connectivity index (χ3n) is 11.5. The van der Waals surface area contributed by atoms with Crippen LogP contribution in [0.15, 0.2) is 96.6 Å². The summed E-state index contributed by atoms with van der Waals surface area (Å²) in [6.45, 7) is -1.61. The van der Waals surface area contributed by atoms with Crippen LogP contribution in [0.25, 0.3) is 0 Å². The predicted molar refractivity (Wildman–Crippen MR) is 266 cm³/mol. The molecule has 0 bridgehead atoms. The third-order valence-corrected chi connectivity index (χ3v) is 11.9. The van der Waals surface area contributed by atoms with E-state index in [1.54, 1.807) is 30.3 Å². The molecule has 392 valence electrons. The van der Waals surface area contributed by atoms with E-state index in [0.29, 0.717) is 41.5 Å². The maximum absolute atomic E-state index is 13.9. The van der Waals surface area contributed by atoms with Crippen molar-refractivity contribution in [2.75, 3.05) is 19.0 Å². The zero-order valence-corrected chi connectivity index (χ0v) is 43.5. The van der Waals surface area contributed by atoms with Gasteiger partial charge in [0.2, 0.25) is 35.4 Å². The Bertz CT molecular complexity index is 2390. The number of rotatable bonds is 30. The number of aliphatic hydroxyl groups is 2. The van der Waals surface area contributed by atoms with Crippen LogP contribution in [0, 0.1) is 12.3 Å². The number of nitrogens with one attached hydrogen (secondary N) is 6. The zero-order valence-electron chi connectivity index (χ0n) is 39.6. The van der Waals surface area contributed by atoms with Gasteiger partial charge in [0.15, 0.2) is 0 Å². The number of benzene rings is 3. The first kappa shape index (κ1) is 60.6. The molecule has 73 heavy (non-hydrogen) atoms. The number of aromatic hydroxyl groups is 3. The van der Waals surface area contributed by atoms with Gasteiger partial charge < -0.3 is 84.9 Å². The minimum Gasteiger partial charge on any atom is -0.540 e. The number of unbranched alkanes of at least 4 members (excludes halogenated alkanes) is 1. The average molecular weight is 1200 g/mol. The van der Waals surface area contributed by atoms with Gasteiger partial charge >= 0.3 is 21.1 Å². The van der Waals surface area contributed by atoms with Crippen molar-refractivity contribution in [2.24, 2.45) is 17.4 Å². The number of primary amides is 1. The Labute approximate surface area is 442 Å². The standard InChI is InChI=1S/C50H62N8O13S.W/c51-38(28-72)46(67)56-42(49(70)57-41(47(68)53-34(25-59)26-60)23-32-11-18-37(64)19-12-32)24-33-6-5-30(21-33)3-1-2-4-39(45(52)66)55-50(71)43(27-61)58-48(69)40(22-31-9-16-36(63)17-10-31)54-44(65)20-13-29-7-14-35(62)15-8-29;/h5-12,14-21,30,34,38-43,59,61-64,72H,1-4,13,22-25,27-28,51H2,(H2,52,66)(H,53,68)(H,54,65)(H,55,71)(H,56,67)(H,57,70)(H,58,69);/q-2;+2/t30?,34-,38-,39?,40-,41-,42+,43-;/m0./s1. The molecule has 3 aromatic rings. The summed E-state index contributed by atoms with van der Waals surface area (Å²) in [7, 11) is 0. The molecule has 3 aromatic carbocycles. The maximum Gasteiger partial charge on any atom is 2.00 e. The molecular weight excluding hydrogens is 1140 g/mol. The van der Waals surface area contributed by atoms with E-state index in [0.717, 1.165) is 0 Å². The number of nitrogens with two attached hydrogens (primary N) is 2. The average Bonchev–Trinajstić information content (AvgIpc) is 3.82. The Balaban J connectivity index is 0.0000141. The summed E-state index contributed by atoms with van der Waals surface area (Å²) in [5.74, 6) is -5.64. The number of carbonyl (C=O) groups is 7. The van der Waals surface area contributed by atoms with Gasteiger partial charge in [-0.25, -0.2) is 6.29 Å². The van der Waals surface area contributed by atoms with Crippen molar-refractivity contribution in [3.63, 3.8) is 0 Å². The molecular formula is C50H62N8O13SW. The molecule has 0 aliphatic heterocycles. The molecule has 15 N–H and O–H groups in total. The van der Waals surface area contributed by atoms with Crippen molar-refractivity contribution in [3.05, 3.63) is 120 Å². The summed E-state index contributed by atoms with van der Waals surface area (Å²) < 4.78 is 0. The Morgan fingerprint density at radius 2 is 1.08 bits per heavy atom. The number of aliphatic hydroxyl groups excluding tert-OH is 2. The van der Waals surface area contributed by atoms with Gasteiger partial charge in [-0.05, 0) is 77.9 Å². The smallest absolute Gasteiger partial charge is 0.540 e. The fraction of sp³-hybridized carbons (Fsp3) is 0.380. The van der Waals surface area contributed by atoms with Crippen LogP contribution < -0.4 is 43.4 Å². The van der Waals surface area contributed by atoms with E-state index in [9.17, 15) is 63.9 Å². The number of hydrogen-bond acceptors (Lipinski definition) is 15. The first-order valence-electron chi connectivity index (χ1n) is 23.0. The summed E-state index contributed by atoms with van der Waals surface area (Å²) in [4.78, 5) is 104. The number of hydrogen-bond donors (Lipinski definition) is 14. The molecule has 23 heteroatoms. The first-order chi connectivity index (χ1) is 34.4. The molecule has 0 spiro atoms. The molecule has 0 aromatic heterocycles. The molecule has 0 saturated heterocycles. The first-order valence-corrected chi connectivity index (χ1v) is 23.7. The largest absolute Gasteiger partial charge is 2.00 e. The fourth-order valence-electron chi connectivity index (χ4n) is 7.39. The van der Waals surface area contributed by atoms with E-state index >= 15 is 0 Å². The van der Waals surface area contributed by atoms with Crippen LogP contribution in [0.4, 0.5) is 0 Å². The van der Waals surface area contributed by atoms with Gasteiger partial charge in [-0.2, -0.15) is 12.6 Å². The molecule has 1 aliphatic rings. The van der Waals surface area contributed by atoms with E-state index in [2.05, 4.69) is 44.5 Å². The Hall–Kier alpha value is -6.71. The Morgan fingerprint density at radius 3 is 1.59 bits per heavy atom. The monoisotopic (exact) mass is 1200 g/mol. The van der Waals surface area contributed by atoms with Gasteiger partial charge in [-0.1, -0.05) is 73.0 Å². The van der Waals surface area contributed by atoms with E-state index in [1.165, 1.54) is 61.2 Å². The van der Waals surface area contributed by atoms with Crippen molar-refractivity contribution >= 4 is 60.3 Å². The van der Waals surface area contributed by atoms with Gasteiger partial charge in [-0.15, -0.1) is 6.42 Å². The van der Waals surface area contributed by atoms with Crippen molar-refractivity contribution < 1.29 is 85.0 Å². The molecule has 21 nitrogen and oxygen atoms in total. The minimum absolute atomic E-state index is 0. The molecule has 0 fully saturated rings. The summed E-state index contributed by atoms with van der Waals surface area (Å²) in [5.41, 5.74) is 14.0. The number of carbonyl (C=O) groups excluding carboxylic acids is 8. The quantitative estimate of drug-likeness (QED) is 0.0213. The van der Waals surface area contributed by atoms with E-state index in [-0.39, 0.29) is 82.1 Å². The molecule has 2 unspecified atom stereocenters. The summed E-state index contributed by atoms with van der Waals surface area (Å²) >= 11 is 4.08. The van der Waals surface area contributed by atoms with Crippen LogP contribution in [0.2, 0.25) is 0 Å². The van der Waals surface area contributed by atoms with Gasteiger partial charge in [-0.3, -0.25) is 28.8 Å². The third kappa shape index (κ3) is 20.7. The summed E-state index contributed by atoms with van der Waals surface area (Å²) in [6, 6.07) is 8.97. The van der Waals surface area contributed by atoms with Crippen molar-refractivity contribution in [1.82, 2.24) is 31.9 Å². The van der Waals surface area contributed by atoms with Crippen LogP contribution in [-0.4, -0.2) is 134 Å². The Morgan fingerprint density at radius 1 is 0.616 bits per heavy atom. The second kappa shape index (κ2) is 31.0. The molecule has 7 amide bonds. The molecule has 0 heterocycles. The maximum atomic E-state index is 13.9. The number of allylic oxidation sites excluding steroid dienone is 3. The molecule has 1 aliphatic carbocycles. The van der Waals surface area contributed by atoms with Gasteiger partial charge in [0, 0.05) is 31.6 Å². The summed E-state index contributed by atoms with van der Waals surface area (Å²) in [6.07, 6.45) is 9.90. The van der Waals surface area contributed by atoms with Crippen LogP contribution in [-0.2, 0) is 78.7 Å². The topological polar surface area (TPSA) is 362 Å². The van der Waals surface area contributed by atoms with Crippen molar-refractivity contribution in [1.29, 1.82) is 0 Å². The van der Waals surface area contributed by atoms with Crippen molar-refractivity contribution in [3.8, 4) is 17.2 Å². The second-order valence-electron chi connectivity index (χ2n) is 17.1. The summed E-state index contributed by atoms with van der Waals surface area (Å²) in [5, 5.41) is 63.7. The second-order valence-corrected chi connectivity index (χ2v) is 17.5. The number of amides is 7. The zero-order chi connectivity index (χ0) is 52.7. The minimum atomic E-state index is -1.54. The number of thiol groups is 1. The van der Waals surface area contributed by atoms with Crippen molar-refractivity contribution in [2.45, 2.75) is 93.7 Å². The van der Waals surface area contributed by atoms with Gasteiger partial charge in [0.05, 0.1) is 18.6 Å². The van der Waals surface area contributed by atoms with Crippen LogP contribution in [0.1, 0.15) is 48.8 Å². The SMILES string of the molecule is NC(=O)C(CCCCC1C=CC(C[C@@H](NC(=O)[C@@H](N)CS)C(=O)N[C@@H](Cc2ccc(O)cc2)C(=O)N[C@H]([C-]=O)CO)=C1)NC(=O)[C@H](CO)NC(=O)[C@H](Cc1ccc(O)cc1)NC(=O)[CH-]Cc1ccc(O)cc1.[W+2]. The van der Waals surface area contributed by atoms with Gasteiger partial charge in [0.1, 0.15) is 47.5 Å². The van der Waals surface area contributed by atoms with Crippen LogP contribution in [0.3, 0.4) is 0 Å². The molecule has 4 rings (SSSR count). The molecule has 8 atom stereocenters. The van der Waals surface area contributed by atoms with Gasteiger partial charge in [0.25, 0.3) is 0 Å². The van der Waals surface area contributed by atoms with Crippen LogP contribution in [0.5, 0.6) is 17.2 Å². The predicted octanol–water partition coefficient (Wildman–Crippen LogP) is -1.16. The molecule has 0 radical (unpaired) electrons. The normalized spacial score (nSPS) is 15.5. The van der Waals surface area contributed by atoms with E-state index in [4.69, 9.17) is 11.5 Å². The number of phenolic OH excluding ortho intramolecular Hbond substituents is 3. The Kier molecular flexibility index (Phi) is 25.7. The van der Waals surface area contributed by atoms with Crippen LogP contribution >= 0.6 is 12.6 Å². The number of phenols is 3. The van der Waals surface area contributed by atoms with E-state index in [1.807, 2.05) is 12.2 Å². The van der Waals surface area contributed by atoms with E-state index < -0.39 is 96.9 Å².